The Bertz CT molecular complexity index is 458. The first-order valence-electron chi connectivity index (χ1n) is 4.87. The quantitative estimate of drug-likeness (QED) is 0.728. The van der Waals surface area contributed by atoms with Crippen molar-refractivity contribution in [2.45, 2.75) is 0 Å². The zero-order valence-electron chi connectivity index (χ0n) is 8.30. The van der Waals surface area contributed by atoms with Gasteiger partial charge in [0.25, 0.3) is 0 Å². The molecule has 0 aliphatic heterocycles. The fourth-order valence-corrected chi connectivity index (χ4v) is 1.39. The van der Waals surface area contributed by atoms with Gasteiger partial charge in [-0.2, -0.15) is 0 Å². The predicted molar refractivity (Wildman–Crippen MR) is 63.5 cm³/mol. The summed E-state index contributed by atoms with van der Waals surface area (Å²) in [6.45, 7) is 0. The van der Waals surface area contributed by atoms with Gasteiger partial charge >= 0.3 is 0 Å². The lowest BCUT2D eigenvalue weighted by molar-refractivity contribution is 0.475. The van der Waals surface area contributed by atoms with Crippen molar-refractivity contribution in [2.75, 3.05) is 0 Å². The second-order valence-corrected chi connectivity index (χ2v) is 3.34. The molecule has 0 fully saturated rings. The lowest BCUT2D eigenvalue weighted by Crippen LogP contribution is -1.72. The van der Waals surface area contributed by atoms with Crippen molar-refractivity contribution < 1.29 is 5.11 Å². The highest BCUT2D eigenvalue weighted by Gasteiger charge is 1.89. The van der Waals surface area contributed by atoms with Crippen LogP contribution < -0.4 is 0 Å². The van der Waals surface area contributed by atoms with Crippen molar-refractivity contribution in [3.8, 4) is 5.75 Å². The van der Waals surface area contributed by atoms with Crippen molar-refractivity contribution >= 4 is 12.2 Å². The molecule has 0 atom stereocenters. The van der Waals surface area contributed by atoms with Crippen LogP contribution in [0.5, 0.6) is 5.75 Å². The van der Waals surface area contributed by atoms with E-state index in [1.165, 1.54) is 0 Å². The van der Waals surface area contributed by atoms with E-state index in [4.69, 9.17) is 0 Å². The largest absolute Gasteiger partial charge is 0.508 e. The first-order valence-corrected chi connectivity index (χ1v) is 4.87. The lowest BCUT2D eigenvalue weighted by Gasteiger charge is -1.95. The summed E-state index contributed by atoms with van der Waals surface area (Å²) in [5.74, 6) is 0.296. The van der Waals surface area contributed by atoms with E-state index in [0.717, 1.165) is 11.1 Å². The van der Waals surface area contributed by atoms with Crippen molar-refractivity contribution in [3.05, 3.63) is 65.7 Å². The molecule has 2 rings (SSSR count). The van der Waals surface area contributed by atoms with Gasteiger partial charge < -0.3 is 5.11 Å². The summed E-state index contributed by atoms with van der Waals surface area (Å²) in [7, 11) is 0. The third-order valence-electron chi connectivity index (χ3n) is 2.14. The molecule has 1 N–H and O–H groups in total. The number of benzene rings is 2. The highest BCUT2D eigenvalue weighted by atomic mass is 16.3. The van der Waals surface area contributed by atoms with E-state index in [-0.39, 0.29) is 0 Å². The van der Waals surface area contributed by atoms with Crippen LogP contribution in [0.25, 0.3) is 12.2 Å². The Morgan fingerprint density at radius 3 is 2.13 bits per heavy atom. The molecule has 0 radical (unpaired) electrons. The van der Waals surface area contributed by atoms with Crippen LogP contribution in [0.1, 0.15) is 11.1 Å². The Labute approximate surface area is 89.3 Å². The maximum atomic E-state index is 9.28. The van der Waals surface area contributed by atoms with Crippen LogP contribution in [-0.2, 0) is 0 Å². The number of phenols is 1. The molecule has 15 heavy (non-hydrogen) atoms. The Balaban J connectivity index is 2.19. The minimum absolute atomic E-state index is 0.296. The monoisotopic (exact) mass is 196 g/mol. The summed E-state index contributed by atoms with van der Waals surface area (Å²) >= 11 is 0. The molecule has 0 saturated heterocycles. The van der Waals surface area contributed by atoms with E-state index in [1.54, 1.807) is 12.1 Å². The van der Waals surface area contributed by atoms with Gasteiger partial charge in [-0.15, -0.1) is 0 Å². The summed E-state index contributed by atoms with van der Waals surface area (Å²) in [4.78, 5) is 0. The van der Waals surface area contributed by atoms with Crippen molar-refractivity contribution in [1.29, 1.82) is 0 Å². The fourth-order valence-electron chi connectivity index (χ4n) is 1.39. The van der Waals surface area contributed by atoms with E-state index in [9.17, 15) is 5.11 Å². The van der Waals surface area contributed by atoms with Crippen LogP contribution in [0.15, 0.2) is 54.6 Å². The maximum absolute atomic E-state index is 9.28. The summed E-state index contributed by atoms with van der Waals surface area (Å²) in [6.07, 6.45) is 4.00. The molecule has 0 bridgehead atoms. The van der Waals surface area contributed by atoms with E-state index < -0.39 is 0 Å². The summed E-state index contributed by atoms with van der Waals surface area (Å²) < 4.78 is 0. The third kappa shape index (κ3) is 2.71. The smallest absolute Gasteiger partial charge is 0.116 e. The molecular weight excluding hydrogens is 184 g/mol. The van der Waals surface area contributed by atoms with Gasteiger partial charge in [0.1, 0.15) is 5.75 Å². The van der Waals surface area contributed by atoms with Crippen LogP contribution in [-0.4, -0.2) is 5.11 Å². The number of phenolic OH excluding ortho intramolecular Hbond substituents is 1. The van der Waals surface area contributed by atoms with Gasteiger partial charge in [0.15, 0.2) is 0 Å². The maximum Gasteiger partial charge on any atom is 0.116 e. The topological polar surface area (TPSA) is 20.2 Å². The minimum Gasteiger partial charge on any atom is -0.508 e. The Morgan fingerprint density at radius 1 is 0.733 bits per heavy atom. The molecular formula is C14H12O. The Morgan fingerprint density at radius 2 is 1.40 bits per heavy atom. The van der Waals surface area contributed by atoms with Gasteiger partial charge in [0.05, 0.1) is 0 Å². The molecule has 2 aromatic carbocycles. The average molecular weight is 196 g/mol. The molecule has 0 aromatic heterocycles. The standard InChI is InChI=1S/C14H12O/c15-14-8-4-7-13(11-14)10-9-12-5-2-1-3-6-12/h1-11,15H. The zero-order valence-corrected chi connectivity index (χ0v) is 8.30. The minimum atomic E-state index is 0.296. The second-order valence-electron chi connectivity index (χ2n) is 3.34. The Hall–Kier alpha value is -2.02. The van der Waals surface area contributed by atoms with Crippen LogP contribution in [0.3, 0.4) is 0 Å². The van der Waals surface area contributed by atoms with Crippen LogP contribution in [0, 0.1) is 0 Å². The van der Waals surface area contributed by atoms with Crippen LogP contribution in [0.2, 0.25) is 0 Å². The molecule has 2 aromatic rings. The van der Waals surface area contributed by atoms with E-state index in [1.807, 2.05) is 54.6 Å². The van der Waals surface area contributed by atoms with Crippen LogP contribution in [0.4, 0.5) is 0 Å². The molecule has 0 saturated carbocycles. The van der Waals surface area contributed by atoms with Gasteiger partial charge in [-0.1, -0.05) is 54.6 Å². The highest BCUT2D eigenvalue weighted by Crippen LogP contribution is 2.13. The molecule has 0 spiro atoms. The van der Waals surface area contributed by atoms with Gasteiger partial charge in [-0.3, -0.25) is 0 Å². The molecule has 0 amide bonds. The molecule has 0 unspecified atom stereocenters. The summed E-state index contributed by atoms with van der Waals surface area (Å²) in [6, 6.07) is 17.3. The molecule has 0 aliphatic rings. The van der Waals surface area contributed by atoms with E-state index in [2.05, 4.69) is 0 Å². The van der Waals surface area contributed by atoms with E-state index >= 15 is 0 Å². The second kappa shape index (κ2) is 4.47. The summed E-state index contributed by atoms with van der Waals surface area (Å²) in [5.41, 5.74) is 2.15. The lowest BCUT2D eigenvalue weighted by atomic mass is 10.1. The molecule has 0 aliphatic carbocycles. The predicted octanol–water partition coefficient (Wildman–Crippen LogP) is 3.56. The SMILES string of the molecule is Oc1cccc(C=Cc2ccccc2)c1. The Kier molecular flexibility index (Phi) is 2.84. The van der Waals surface area contributed by atoms with Gasteiger partial charge in [0, 0.05) is 0 Å². The third-order valence-corrected chi connectivity index (χ3v) is 2.14. The number of aromatic hydroxyl groups is 1. The zero-order chi connectivity index (χ0) is 10.5. The normalized spacial score (nSPS) is 10.7. The van der Waals surface area contributed by atoms with Crippen molar-refractivity contribution in [1.82, 2.24) is 0 Å². The number of hydrogen-bond donors (Lipinski definition) is 1. The van der Waals surface area contributed by atoms with Crippen molar-refractivity contribution in [3.63, 3.8) is 0 Å². The molecule has 1 nitrogen and oxygen atoms in total. The van der Waals surface area contributed by atoms with E-state index in [0.29, 0.717) is 5.75 Å². The van der Waals surface area contributed by atoms with Crippen molar-refractivity contribution in [2.24, 2.45) is 0 Å². The first kappa shape index (κ1) is 9.53. The fraction of sp³-hybridized carbons (Fsp3) is 0. The van der Waals surface area contributed by atoms with Gasteiger partial charge in [0.2, 0.25) is 0 Å². The highest BCUT2D eigenvalue weighted by molar-refractivity contribution is 5.69. The molecule has 74 valence electrons. The summed E-state index contributed by atoms with van der Waals surface area (Å²) in [5, 5.41) is 9.28. The average Bonchev–Trinajstić information content (AvgIpc) is 2.28. The number of rotatable bonds is 2. The molecule has 1 heteroatoms. The van der Waals surface area contributed by atoms with Crippen LogP contribution >= 0.6 is 0 Å². The van der Waals surface area contributed by atoms with Gasteiger partial charge in [-0.25, -0.2) is 0 Å². The molecule has 0 heterocycles. The first-order chi connectivity index (χ1) is 7.34. The van der Waals surface area contributed by atoms with Gasteiger partial charge in [-0.05, 0) is 23.3 Å². The number of hydrogen-bond acceptors (Lipinski definition) is 1.